The molecule has 3 atom stereocenters. The van der Waals surface area contributed by atoms with E-state index in [0.717, 1.165) is 56.0 Å². The van der Waals surface area contributed by atoms with Gasteiger partial charge in [0, 0.05) is 12.5 Å². The highest BCUT2D eigenvalue weighted by atomic mass is 16.6. The van der Waals surface area contributed by atoms with Gasteiger partial charge in [-0.15, -0.1) is 5.10 Å². The minimum Gasteiger partial charge on any atom is -0.446 e. The van der Waals surface area contributed by atoms with Crippen LogP contribution in [0.2, 0.25) is 0 Å². The Morgan fingerprint density at radius 2 is 1.65 bits per heavy atom. The molecule has 1 aliphatic carbocycles. The Labute approximate surface area is 202 Å². The molecule has 34 heavy (non-hydrogen) atoms. The Kier molecular flexibility index (Phi) is 6.57. The average Bonchev–Trinajstić information content (AvgIpc) is 3.14. The van der Waals surface area contributed by atoms with Gasteiger partial charge >= 0.3 is 6.09 Å². The van der Waals surface area contributed by atoms with E-state index >= 15 is 0 Å². The Balaban J connectivity index is 1.39. The standard InChI is InChI=1S/C28H36N4O2/c1-28(2,21-13-5-3-6-14-21)22-15-8-11-18-25(22)34-27(33)31-20-12-4-7-19-26(31)32-24-17-10-9-16-23(24)29-30-32/h3,5-6,9-10,13-14,16-17,22,25-26H,4,7-8,11-12,15,18-20H2,1-2H3/t22-,25-,26?/m1/s1. The first kappa shape index (κ1) is 22.9. The lowest BCUT2D eigenvalue weighted by atomic mass is 9.66. The van der Waals surface area contributed by atoms with Gasteiger partial charge in [-0.05, 0) is 61.6 Å². The van der Waals surface area contributed by atoms with Crippen LogP contribution in [0.15, 0.2) is 54.6 Å². The van der Waals surface area contributed by atoms with E-state index in [1.807, 2.05) is 33.8 Å². The lowest BCUT2D eigenvalue weighted by molar-refractivity contribution is -0.0176. The molecule has 0 spiro atoms. The predicted molar refractivity (Wildman–Crippen MR) is 133 cm³/mol. The van der Waals surface area contributed by atoms with Gasteiger partial charge in [0.25, 0.3) is 0 Å². The maximum absolute atomic E-state index is 13.7. The second-order valence-corrected chi connectivity index (χ2v) is 10.4. The Morgan fingerprint density at radius 3 is 2.50 bits per heavy atom. The van der Waals surface area contributed by atoms with E-state index in [-0.39, 0.29) is 23.8 Å². The molecule has 6 heteroatoms. The fourth-order valence-corrected chi connectivity index (χ4v) is 6.01. The summed E-state index contributed by atoms with van der Waals surface area (Å²) in [5.41, 5.74) is 3.07. The summed E-state index contributed by atoms with van der Waals surface area (Å²) >= 11 is 0. The van der Waals surface area contributed by atoms with Crippen molar-refractivity contribution in [3.63, 3.8) is 0 Å². The third kappa shape index (κ3) is 4.42. The SMILES string of the molecule is CC(C)(c1ccccc1)[C@@H]1CCCC[C@H]1OC(=O)N1CCCCCC1n1nnc2ccccc21. The number of para-hydroxylation sites is 1. The van der Waals surface area contributed by atoms with Gasteiger partial charge in [-0.25, -0.2) is 9.48 Å². The molecule has 1 unspecified atom stereocenters. The largest absolute Gasteiger partial charge is 0.446 e. The smallest absolute Gasteiger partial charge is 0.411 e. The molecule has 1 saturated heterocycles. The van der Waals surface area contributed by atoms with Crippen LogP contribution in [0.3, 0.4) is 0 Å². The number of fused-ring (bicyclic) bond motifs is 1. The van der Waals surface area contributed by atoms with Crippen molar-refractivity contribution in [1.29, 1.82) is 0 Å². The molecule has 180 valence electrons. The number of likely N-dealkylation sites (tertiary alicyclic amines) is 1. The van der Waals surface area contributed by atoms with Crippen molar-refractivity contribution >= 4 is 17.1 Å². The average molecular weight is 461 g/mol. The van der Waals surface area contributed by atoms with Crippen LogP contribution in [0.1, 0.15) is 76.9 Å². The molecule has 0 bridgehead atoms. The van der Waals surface area contributed by atoms with Crippen LogP contribution < -0.4 is 0 Å². The van der Waals surface area contributed by atoms with Gasteiger partial charge in [-0.1, -0.05) is 74.4 Å². The summed E-state index contributed by atoms with van der Waals surface area (Å²) in [7, 11) is 0. The minimum absolute atomic E-state index is 0.0626. The number of aromatic nitrogens is 3. The molecule has 0 N–H and O–H groups in total. The third-order valence-electron chi connectivity index (χ3n) is 8.01. The van der Waals surface area contributed by atoms with E-state index in [9.17, 15) is 4.79 Å². The van der Waals surface area contributed by atoms with Gasteiger partial charge in [0.1, 0.15) is 17.8 Å². The monoisotopic (exact) mass is 460 g/mol. The van der Waals surface area contributed by atoms with E-state index in [1.165, 1.54) is 12.0 Å². The number of rotatable bonds is 4. The van der Waals surface area contributed by atoms with Gasteiger partial charge in [0.05, 0.1) is 5.52 Å². The van der Waals surface area contributed by atoms with Crippen molar-refractivity contribution in [2.24, 2.45) is 5.92 Å². The highest BCUT2D eigenvalue weighted by molar-refractivity contribution is 5.74. The minimum atomic E-state index is -0.202. The number of amides is 1. The van der Waals surface area contributed by atoms with Crippen LogP contribution >= 0.6 is 0 Å². The number of carbonyl (C=O) groups is 1. The Hall–Kier alpha value is -2.89. The van der Waals surface area contributed by atoms with Crippen LogP contribution in [0, 0.1) is 5.92 Å². The van der Waals surface area contributed by atoms with E-state index in [0.29, 0.717) is 12.5 Å². The van der Waals surface area contributed by atoms with Crippen molar-refractivity contribution < 1.29 is 9.53 Å². The maximum Gasteiger partial charge on any atom is 0.411 e. The lowest BCUT2D eigenvalue weighted by Gasteiger charge is -2.43. The highest BCUT2D eigenvalue weighted by Crippen LogP contribution is 2.42. The first-order valence-electron chi connectivity index (χ1n) is 12.9. The normalized spacial score (nSPS) is 24.1. The number of hydrogen-bond donors (Lipinski definition) is 0. The molecule has 1 amide bonds. The molecule has 1 aliphatic heterocycles. The summed E-state index contributed by atoms with van der Waals surface area (Å²) in [5.74, 6) is 0.297. The Morgan fingerprint density at radius 1 is 0.912 bits per heavy atom. The molecule has 3 aromatic rings. The summed E-state index contributed by atoms with van der Waals surface area (Å²) < 4.78 is 8.30. The number of hydrogen-bond acceptors (Lipinski definition) is 4. The van der Waals surface area contributed by atoms with Crippen LogP contribution in [0.4, 0.5) is 4.79 Å². The first-order valence-corrected chi connectivity index (χ1v) is 12.9. The van der Waals surface area contributed by atoms with Crippen molar-refractivity contribution in [2.75, 3.05) is 6.54 Å². The fourth-order valence-electron chi connectivity index (χ4n) is 6.01. The van der Waals surface area contributed by atoms with Crippen molar-refractivity contribution in [1.82, 2.24) is 19.9 Å². The van der Waals surface area contributed by atoms with Crippen molar-refractivity contribution in [3.05, 3.63) is 60.2 Å². The van der Waals surface area contributed by atoms with Crippen LogP contribution in [0.5, 0.6) is 0 Å². The van der Waals surface area contributed by atoms with Gasteiger partial charge in [0.15, 0.2) is 0 Å². The molecule has 1 saturated carbocycles. The second-order valence-electron chi connectivity index (χ2n) is 10.4. The summed E-state index contributed by atoms with van der Waals surface area (Å²) in [6, 6.07) is 18.6. The second kappa shape index (κ2) is 9.77. The lowest BCUT2D eigenvalue weighted by Crippen LogP contribution is -2.45. The molecule has 0 radical (unpaired) electrons. The number of nitrogens with zero attached hydrogens (tertiary/aromatic N) is 4. The molecule has 2 fully saturated rings. The topological polar surface area (TPSA) is 60.2 Å². The zero-order valence-electron chi connectivity index (χ0n) is 20.4. The van der Waals surface area contributed by atoms with Crippen LogP contribution in [-0.4, -0.2) is 38.6 Å². The molecule has 2 aromatic carbocycles. The molecular weight excluding hydrogens is 424 g/mol. The third-order valence-corrected chi connectivity index (χ3v) is 8.01. The van der Waals surface area contributed by atoms with E-state index in [2.05, 4.69) is 54.5 Å². The van der Waals surface area contributed by atoms with Crippen LogP contribution in [-0.2, 0) is 10.2 Å². The van der Waals surface area contributed by atoms with E-state index < -0.39 is 0 Å². The van der Waals surface area contributed by atoms with E-state index in [4.69, 9.17) is 4.74 Å². The number of ether oxygens (including phenoxy) is 1. The molecule has 5 rings (SSSR count). The zero-order chi connectivity index (χ0) is 23.5. The zero-order valence-corrected chi connectivity index (χ0v) is 20.4. The highest BCUT2D eigenvalue weighted by Gasteiger charge is 2.41. The number of benzene rings is 2. The summed E-state index contributed by atoms with van der Waals surface area (Å²) in [6.07, 6.45) is 7.90. The maximum atomic E-state index is 13.7. The Bertz CT molecular complexity index is 1110. The number of carbonyl (C=O) groups excluding carboxylic acids is 1. The molecule has 6 nitrogen and oxygen atoms in total. The first-order chi connectivity index (χ1) is 16.6. The van der Waals surface area contributed by atoms with E-state index in [1.54, 1.807) is 0 Å². The summed E-state index contributed by atoms with van der Waals surface area (Å²) in [5, 5.41) is 8.80. The van der Waals surface area contributed by atoms with Gasteiger partial charge in [-0.3, -0.25) is 4.90 Å². The van der Waals surface area contributed by atoms with Crippen molar-refractivity contribution in [3.8, 4) is 0 Å². The predicted octanol–water partition coefficient (Wildman–Crippen LogP) is 6.48. The molecule has 1 aromatic heterocycles. The molecule has 2 heterocycles. The van der Waals surface area contributed by atoms with Gasteiger partial charge < -0.3 is 4.74 Å². The molecule has 2 aliphatic rings. The van der Waals surface area contributed by atoms with Crippen molar-refractivity contribution in [2.45, 2.75) is 82.9 Å². The van der Waals surface area contributed by atoms with Crippen LogP contribution in [0.25, 0.3) is 11.0 Å². The molecular formula is C28H36N4O2. The quantitative estimate of drug-likeness (QED) is 0.447. The fraction of sp³-hybridized carbons (Fsp3) is 0.536. The summed E-state index contributed by atoms with van der Waals surface area (Å²) in [6.45, 7) is 5.29. The van der Waals surface area contributed by atoms with Gasteiger partial charge in [0.2, 0.25) is 0 Å². The van der Waals surface area contributed by atoms with Gasteiger partial charge in [-0.2, -0.15) is 0 Å². The summed E-state index contributed by atoms with van der Waals surface area (Å²) in [4.78, 5) is 15.6.